The first-order valence-electron chi connectivity index (χ1n) is 20.5. The summed E-state index contributed by atoms with van der Waals surface area (Å²) in [6.07, 6.45) is 0. The molecule has 6 aromatic rings. The van der Waals surface area contributed by atoms with E-state index in [9.17, 15) is 0 Å². The third-order valence-electron chi connectivity index (χ3n) is 13.4. The largest absolute Gasteiger partial charge is 0.352 e. The van der Waals surface area contributed by atoms with Gasteiger partial charge in [0.1, 0.15) is 0 Å². The molecule has 6 aromatic carbocycles. The lowest BCUT2D eigenvalue weighted by molar-refractivity contribution is 0.816. The van der Waals surface area contributed by atoms with E-state index in [2.05, 4.69) is 200 Å². The predicted octanol–water partition coefficient (Wildman–Crippen LogP) is 13.4. The zero-order valence-electron chi connectivity index (χ0n) is 34.9. The number of rotatable bonds is 10. The lowest BCUT2D eigenvalue weighted by atomic mass is 9.78. The smallest absolute Gasteiger partial charge is 0.0904 e. The van der Waals surface area contributed by atoms with E-state index in [1.165, 1.54) is 89.3 Å². The van der Waals surface area contributed by atoms with Crippen molar-refractivity contribution in [3.05, 3.63) is 199 Å². The van der Waals surface area contributed by atoms with E-state index in [0.29, 0.717) is 0 Å². The fourth-order valence-corrected chi connectivity index (χ4v) is 9.76. The molecule has 2 heteroatoms. The topological polar surface area (TPSA) is 6.48 Å². The average Bonchev–Trinajstić information content (AvgIpc) is 3.72. The van der Waals surface area contributed by atoms with Crippen LogP contribution in [0, 0.1) is 41.5 Å². The zero-order chi connectivity index (χ0) is 39.0. The quantitative estimate of drug-likeness (QED) is 0.139. The minimum absolute atomic E-state index is 0.248. The first-order valence-corrected chi connectivity index (χ1v) is 20.5. The number of hydrogen-bond acceptors (Lipinski definition) is 2. The van der Waals surface area contributed by atoms with E-state index in [-0.39, 0.29) is 23.7 Å². The Hall–Kier alpha value is -5.08. The standard InChI is InChI=1S/C53H60N2/c1-34-36(3)48(40(7)44-23-15-11-16-24-44)52(49(37(34)4)41(8)45-25-17-12-18-26-45)54-31-32-55(33-54)53-50(42(9)46-27-19-13-20-28-46)38(5)35(2)39(6)51(53)43(10)47-29-21-14-22-30-47/h11-30,40-43H,31-33H2,1-10H3. The summed E-state index contributed by atoms with van der Waals surface area (Å²) in [5.41, 5.74) is 22.8. The molecular formula is C53H60N2. The third kappa shape index (κ3) is 7.01. The maximum atomic E-state index is 2.75. The molecule has 2 nitrogen and oxygen atoms in total. The summed E-state index contributed by atoms with van der Waals surface area (Å²) in [5, 5.41) is 0. The Morgan fingerprint density at radius 3 is 0.764 bits per heavy atom. The van der Waals surface area contributed by atoms with E-state index in [4.69, 9.17) is 0 Å². The highest BCUT2D eigenvalue weighted by Crippen LogP contribution is 2.49. The van der Waals surface area contributed by atoms with Crippen molar-refractivity contribution in [1.29, 1.82) is 0 Å². The van der Waals surface area contributed by atoms with Gasteiger partial charge in [-0.15, -0.1) is 0 Å². The number of anilines is 2. The molecule has 1 fully saturated rings. The van der Waals surface area contributed by atoms with Crippen molar-refractivity contribution in [2.75, 3.05) is 29.6 Å². The minimum atomic E-state index is 0.248. The summed E-state index contributed by atoms with van der Waals surface area (Å²) in [5.74, 6) is 0.991. The molecule has 1 saturated heterocycles. The van der Waals surface area contributed by atoms with Gasteiger partial charge in [0.2, 0.25) is 0 Å². The van der Waals surface area contributed by atoms with Gasteiger partial charge in [-0.2, -0.15) is 0 Å². The van der Waals surface area contributed by atoms with Gasteiger partial charge >= 0.3 is 0 Å². The molecule has 0 aromatic heterocycles. The molecule has 4 unspecified atom stereocenters. The molecule has 0 bridgehead atoms. The summed E-state index contributed by atoms with van der Waals surface area (Å²) in [6.45, 7) is 26.7. The lowest BCUT2D eigenvalue weighted by Crippen LogP contribution is -2.30. The van der Waals surface area contributed by atoms with Crippen LogP contribution in [0.2, 0.25) is 0 Å². The van der Waals surface area contributed by atoms with Gasteiger partial charge in [0.05, 0.1) is 6.67 Å². The molecule has 0 aliphatic carbocycles. The van der Waals surface area contributed by atoms with Gasteiger partial charge in [0, 0.05) is 48.1 Å². The van der Waals surface area contributed by atoms with E-state index in [0.717, 1.165) is 19.8 Å². The van der Waals surface area contributed by atoms with Gasteiger partial charge < -0.3 is 9.80 Å². The number of benzene rings is 6. The van der Waals surface area contributed by atoms with Crippen molar-refractivity contribution < 1.29 is 0 Å². The Labute approximate surface area is 331 Å². The molecule has 282 valence electrons. The average molecular weight is 725 g/mol. The molecule has 0 spiro atoms. The van der Waals surface area contributed by atoms with Crippen LogP contribution in [0.1, 0.15) is 129 Å². The van der Waals surface area contributed by atoms with Crippen LogP contribution in [0.5, 0.6) is 0 Å². The Kier molecular flexibility index (Phi) is 11.1. The van der Waals surface area contributed by atoms with Gasteiger partial charge in [-0.25, -0.2) is 0 Å². The molecule has 0 radical (unpaired) electrons. The van der Waals surface area contributed by atoms with Gasteiger partial charge in [-0.3, -0.25) is 0 Å². The van der Waals surface area contributed by atoms with Crippen LogP contribution in [0.15, 0.2) is 121 Å². The summed E-state index contributed by atoms with van der Waals surface area (Å²) in [4.78, 5) is 5.50. The lowest BCUT2D eigenvalue weighted by Gasteiger charge is -2.36. The number of nitrogens with zero attached hydrogens (tertiary/aromatic N) is 2. The van der Waals surface area contributed by atoms with Crippen LogP contribution in [0.25, 0.3) is 0 Å². The first kappa shape index (κ1) is 38.2. The normalized spacial score (nSPS) is 15.2. The maximum Gasteiger partial charge on any atom is 0.0904 e. The van der Waals surface area contributed by atoms with Gasteiger partial charge in [0.25, 0.3) is 0 Å². The molecule has 0 amide bonds. The van der Waals surface area contributed by atoms with Gasteiger partial charge in [-0.1, -0.05) is 149 Å². The van der Waals surface area contributed by atoms with E-state index >= 15 is 0 Å². The monoisotopic (exact) mass is 724 g/mol. The van der Waals surface area contributed by atoms with E-state index in [1.54, 1.807) is 0 Å². The summed E-state index contributed by atoms with van der Waals surface area (Å²) in [6, 6.07) is 44.6. The highest BCUT2D eigenvalue weighted by atomic mass is 15.4. The maximum absolute atomic E-state index is 2.75. The zero-order valence-corrected chi connectivity index (χ0v) is 34.9. The van der Waals surface area contributed by atoms with Crippen molar-refractivity contribution in [3.8, 4) is 0 Å². The van der Waals surface area contributed by atoms with Gasteiger partial charge in [0.15, 0.2) is 0 Å². The Morgan fingerprint density at radius 2 is 0.545 bits per heavy atom. The van der Waals surface area contributed by atoms with Crippen LogP contribution in [-0.4, -0.2) is 19.8 Å². The molecular weight excluding hydrogens is 665 g/mol. The van der Waals surface area contributed by atoms with Gasteiger partial charge in [-0.05, 0) is 119 Å². The highest BCUT2D eigenvalue weighted by molar-refractivity contribution is 5.76. The summed E-state index contributed by atoms with van der Waals surface area (Å²) >= 11 is 0. The van der Waals surface area contributed by atoms with Crippen molar-refractivity contribution in [2.24, 2.45) is 0 Å². The second kappa shape index (κ2) is 16.0. The third-order valence-corrected chi connectivity index (χ3v) is 13.4. The first-order chi connectivity index (χ1) is 26.5. The molecule has 55 heavy (non-hydrogen) atoms. The summed E-state index contributed by atoms with van der Waals surface area (Å²) < 4.78 is 0. The molecule has 0 saturated carbocycles. The molecule has 1 aliphatic heterocycles. The molecule has 1 aliphatic rings. The molecule has 0 N–H and O–H groups in total. The summed E-state index contributed by atoms with van der Waals surface area (Å²) in [7, 11) is 0. The second-order valence-electron chi connectivity index (χ2n) is 16.3. The van der Waals surface area contributed by atoms with Crippen LogP contribution in [0.4, 0.5) is 11.4 Å². The van der Waals surface area contributed by atoms with Crippen LogP contribution >= 0.6 is 0 Å². The van der Waals surface area contributed by atoms with Crippen molar-refractivity contribution in [1.82, 2.24) is 0 Å². The molecule has 4 atom stereocenters. The second-order valence-corrected chi connectivity index (χ2v) is 16.3. The van der Waals surface area contributed by atoms with E-state index < -0.39 is 0 Å². The fourth-order valence-electron chi connectivity index (χ4n) is 9.76. The fraction of sp³-hybridized carbons (Fsp3) is 0.321. The Bertz CT molecular complexity index is 1950. The minimum Gasteiger partial charge on any atom is -0.352 e. The van der Waals surface area contributed by atoms with Crippen molar-refractivity contribution >= 4 is 11.4 Å². The highest BCUT2D eigenvalue weighted by Gasteiger charge is 2.35. The SMILES string of the molecule is Cc1c(C)c(C(C)c2ccccc2)c(N2CCN(c3c(C(C)c4ccccc4)c(C)c(C)c(C)c3C(C)c3ccccc3)C2)c(C(C)c2ccccc2)c1C. The van der Waals surface area contributed by atoms with Crippen molar-refractivity contribution in [3.63, 3.8) is 0 Å². The Balaban J connectivity index is 1.45. The van der Waals surface area contributed by atoms with Crippen LogP contribution in [0.3, 0.4) is 0 Å². The van der Waals surface area contributed by atoms with Crippen molar-refractivity contribution in [2.45, 2.75) is 92.9 Å². The van der Waals surface area contributed by atoms with E-state index in [1.807, 2.05) is 0 Å². The molecule has 1 heterocycles. The molecule has 7 rings (SSSR count). The Morgan fingerprint density at radius 1 is 0.327 bits per heavy atom. The van der Waals surface area contributed by atoms with Crippen LogP contribution < -0.4 is 9.80 Å². The number of hydrogen-bond donors (Lipinski definition) is 0. The van der Waals surface area contributed by atoms with Crippen LogP contribution in [-0.2, 0) is 0 Å². The predicted molar refractivity (Wildman–Crippen MR) is 237 cm³/mol.